The third-order valence-electron chi connectivity index (χ3n) is 8.62. The summed E-state index contributed by atoms with van der Waals surface area (Å²) >= 11 is 12.7. The van der Waals surface area contributed by atoms with Crippen LogP contribution in [0.15, 0.2) is 78.9 Å². The Morgan fingerprint density at radius 3 is 2.17 bits per heavy atom. The molecular formula is C32H34Cl2N4O3. The molecule has 3 N–H and O–H groups in total. The predicted molar refractivity (Wildman–Crippen MR) is 160 cm³/mol. The van der Waals surface area contributed by atoms with Crippen molar-refractivity contribution in [1.29, 1.82) is 0 Å². The van der Waals surface area contributed by atoms with Gasteiger partial charge in [0.25, 0.3) is 0 Å². The number of likely N-dealkylation sites (N-methyl/N-ethyl adjacent to an activating group) is 1. The van der Waals surface area contributed by atoms with Gasteiger partial charge in [-0.2, -0.15) is 0 Å². The predicted octanol–water partition coefficient (Wildman–Crippen LogP) is 4.50. The number of rotatable bonds is 8. The van der Waals surface area contributed by atoms with Crippen LogP contribution in [0, 0.1) is 5.92 Å². The van der Waals surface area contributed by atoms with E-state index < -0.39 is 22.8 Å². The molecular weight excluding hydrogens is 559 g/mol. The summed E-state index contributed by atoms with van der Waals surface area (Å²) in [6.07, 6.45) is 1.94. The number of nitrogens with one attached hydrogen (secondary N) is 1. The fourth-order valence-electron chi connectivity index (χ4n) is 6.28. The van der Waals surface area contributed by atoms with Gasteiger partial charge < -0.3 is 20.9 Å². The third kappa shape index (κ3) is 5.98. The minimum atomic E-state index is -0.995. The lowest BCUT2D eigenvalue weighted by atomic mass is 9.80. The summed E-state index contributed by atoms with van der Waals surface area (Å²) in [5.41, 5.74) is 6.81. The first-order valence-electron chi connectivity index (χ1n) is 13.8. The molecule has 1 saturated heterocycles. The highest BCUT2D eigenvalue weighted by Gasteiger charge is 2.62. The van der Waals surface area contributed by atoms with Crippen molar-refractivity contribution in [2.24, 2.45) is 11.7 Å². The van der Waals surface area contributed by atoms with Gasteiger partial charge in [0, 0.05) is 33.2 Å². The van der Waals surface area contributed by atoms with Crippen LogP contribution in [0.3, 0.4) is 0 Å². The molecule has 1 aliphatic heterocycles. The Balaban J connectivity index is 1.34. The number of primary amides is 1. The number of halogens is 2. The summed E-state index contributed by atoms with van der Waals surface area (Å²) in [7, 11) is 1.85. The number of amides is 3. The largest absolute Gasteiger partial charge is 0.361 e. The van der Waals surface area contributed by atoms with E-state index in [9.17, 15) is 14.4 Å². The second kappa shape index (κ2) is 11.8. The Kier molecular flexibility index (Phi) is 8.41. The molecule has 0 bridgehead atoms. The lowest BCUT2D eigenvalue weighted by Gasteiger charge is -2.43. The number of piperidine rings is 1. The van der Waals surface area contributed by atoms with Crippen molar-refractivity contribution < 1.29 is 14.4 Å². The molecule has 3 aromatic rings. The maximum atomic E-state index is 14.1. The van der Waals surface area contributed by atoms with Crippen molar-refractivity contribution in [3.8, 4) is 0 Å². The molecule has 9 heteroatoms. The fourth-order valence-corrected chi connectivity index (χ4v) is 6.58. The summed E-state index contributed by atoms with van der Waals surface area (Å²) < 4.78 is 0. The molecule has 2 unspecified atom stereocenters. The van der Waals surface area contributed by atoms with Gasteiger partial charge in [0.05, 0.1) is 21.0 Å². The molecule has 0 spiro atoms. The van der Waals surface area contributed by atoms with Crippen LogP contribution in [-0.4, -0.2) is 54.2 Å². The zero-order valence-electron chi connectivity index (χ0n) is 23.0. The number of likely N-dealkylation sites (tertiary alicyclic amines) is 1. The van der Waals surface area contributed by atoms with Gasteiger partial charge >= 0.3 is 11.8 Å². The van der Waals surface area contributed by atoms with Crippen molar-refractivity contribution in [2.45, 2.75) is 36.8 Å². The van der Waals surface area contributed by atoms with Crippen molar-refractivity contribution in [3.05, 3.63) is 106 Å². The van der Waals surface area contributed by atoms with Crippen LogP contribution in [0.1, 0.15) is 36.0 Å². The van der Waals surface area contributed by atoms with Crippen LogP contribution in [0.25, 0.3) is 0 Å². The van der Waals surface area contributed by atoms with Crippen LogP contribution in [0.5, 0.6) is 0 Å². The summed E-state index contributed by atoms with van der Waals surface area (Å²) in [4.78, 5) is 42.2. The number of carbonyl (C=O) groups is 3. The maximum Gasteiger partial charge on any atom is 0.309 e. The average molecular weight is 594 g/mol. The average Bonchev–Trinajstić information content (AvgIpc) is 3.70. The summed E-state index contributed by atoms with van der Waals surface area (Å²) in [6.45, 7) is 2.62. The van der Waals surface area contributed by atoms with Gasteiger partial charge in [-0.1, -0.05) is 89.9 Å². The standard InChI is InChI=1S/C32H34Cl2N4O3/c1-37(20-22-8-4-2-5-9-22)30(41)32(24-12-13-26(33)27(34)18-24)19-25(32)21-38-16-14-31(15-17-38,36-29(40)28(35)39)23-10-6-3-7-11-23/h2-13,18,25H,14-17,19-21H2,1H3,(H2,35,39)(H,36,40). The van der Waals surface area contributed by atoms with Crippen molar-refractivity contribution in [3.63, 3.8) is 0 Å². The molecule has 7 nitrogen and oxygen atoms in total. The van der Waals surface area contributed by atoms with E-state index in [4.69, 9.17) is 28.9 Å². The van der Waals surface area contributed by atoms with Gasteiger partial charge in [-0.25, -0.2) is 0 Å². The lowest BCUT2D eigenvalue weighted by Crippen LogP contribution is -2.55. The van der Waals surface area contributed by atoms with Gasteiger partial charge in [-0.3, -0.25) is 14.4 Å². The van der Waals surface area contributed by atoms with E-state index in [0.717, 1.165) is 23.2 Å². The molecule has 1 aliphatic carbocycles. The second-order valence-electron chi connectivity index (χ2n) is 11.2. The Bertz CT molecular complexity index is 1430. The zero-order valence-corrected chi connectivity index (χ0v) is 24.5. The minimum absolute atomic E-state index is 0.0640. The second-order valence-corrected chi connectivity index (χ2v) is 12.0. The lowest BCUT2D eigenvalue weighted by molar-refractivity contribution is -0.139. The van der Waals surface area contributed by atoms with Crippen LogP contribution < -0.4 is 11.1 Å². The number of nitrogens with two attached hydrogens (primary N) is 1. The first kappa shape index (κ1) is 29.1. The number of carbonyl (C=O) groups excluding carboxylic acids is 3. The molecule has 0 aromatic heterocycles. The quantitative estimate of drug-likeness (QED) is 0.376. The normalized spacial score (nSPS) is 21.6. The van der Waals surface area contributed by atoms with Gasteiger partial charge in [0.15, 0.2) is 0 Å². The van der Waals surface area contributed by atoms with E-state index in [1.54, 1.807) is 11.0 Å². The fraction of sp³-hybridized carbons (Fsp3) is 0.344. The first-order valence-corrected chi connectivity index (χ1v) is 14.5. The number of nitrogens with zero attached hydrogens (tertiary/aromatic N) is 2. The molecule has 1 saturated carbocycles. The molecule has 2 fully saturated rings. The maximum absolute atomic E-state index is 14.1. The summed E-state index contributed by atoms with van der Waals surface area (Å²) in [6, 6.07) is 25.1. The Morgan fingerprint density at radius 1 is 0.927 bits per heavy atom. The Morgan fingerprint density at radius 2 is 1.56 bits per heavy atom. The molecule has 214 valence electrons. The SMILES string of the molecule is CN(Cc1ccccc1)C(=O)C1(c2ccc(Cl)c(Cl)c2)CC1CN1CCC(NC(=O)C(N)=O)(c2ccccc2)CC1. The highest BCUT2D eigenvalue weighted by molar-refractivity contribution is 6.42. The van der Waals surface area contributed by atoms with E-state index in [1.807, 2.05) is 79.8 Å². The smallest absolute Gasteiger partial charge is 0.309 e. The molecule has 41 heavy (non-hydrogen) atoms. The van der Waals surface area contributed by atoms with E-state index in [0.29, 0.717) is 48.9 Å². The topological polar surface area (TPSA) is 95.7 Å². The summed E-state index contributed by atoms with van der Waals surface area (Å²) in [5, 5.41) is 3.81. The number of hydrogen-bond acceptors (Lipinski definition) is 4. The highest BCUT2D eigenvalue weighted by Crippen LogP contribution is 2.56. The van der Waals surface area contributed by atoms with Gasteiger partial charge in [0.2, 0.25) is 5.91 Å². The van der Waals surface area contributed by atoms with Crippen LogP contribution in [0.2, 0.25) is 10.0 Å². The number of hydrogen-bond donors (Lipinski definition) is 2. The van der Waals surface area contributed by atoms with E-state index in [-0.39, 0.29) is 11.8 Å². The zero-order chi connectivity index (χ0) is 29.2. The minimum Gasteiger partial charge on any atom is -0.361 e. The third-order valence-corrected chi connectivity index (χ3v) is 9.36. The first-order chi connectivity index (χ1) is 19.6. The van der Waals surface area contributed by atoms with Crippen molar-refractivity contribution >= 4 is 40.9 Å². The van der Waals surface area contributed by atoms with E-state index >= 15 is 0 Å². The van der Waals surface area contributed by atoms with Gasteiger partial charge in [0.1, 0.15) is 0 Å². The molecule has 5 rings (SSSR count). The van der Waals surface area contributed by atoms with Crippen LogP contribution >= 0.6 is 23.2 Å². The molecule has 2 atom stereocenters. The van der Waals surface area contributed by atoms with Crippen molar-refractivity contribution in [1.82, 2.24) is 15.1 Å². The molecule has 3 amide bonds. The Hall–Kier alpha value is -3.39. The molecule has 1 heterocycles. The summed E-state index contributed by atoms with van der Waals surface area (Å²) in [5.74, 6) is -1.62. The van der Waals surface area contributed by atoms with Gasteiger partial charge in [-0.05, 0) is 54.0 Å². The highest BCUT2D eigenvalue weighted by atomic mass is 35.5. The Labute approximate surface area is 250 Å². The number of benzene rings is 3. The van der Waals surface area contributed by atoms with Crippen LogP contribution in [0.4, 0.5) is 0 Å². The van der Waals surface area contributed by atoms with E-state index in [2.05, 4.69) is 10.2 Å². The van der Waals surface area contributed by atoms with Crippen molar-refractivity contribution in [2.75, 3.05) is 26.7 Å². The molecule has 3 aromatic carbocycles. The van der Waals surface area contributed by atoms with Crippen LogP contribution in [-0.2, 0) is 31.9 Å². The van der Waals surface area contributed by atoms with E-state index in [1.165, 1.54) is 0 Å². The monoisotopic (exact) mass is 592 g/mol. The van der Waals surface area contributed by atoms with Gasteiger partial charge in [-0.15, -0.1) is 0 Å². The molecule has 2 aliphatic rings. The molecule has 0 radical (unpaired) electrons.